The van der Waals surface area contributed by atoms with Crippen LogP contribution in [0.15, 0.2) is 24.5 Å². The Bertz CT molecular complexity index is 897. The number of ketones is 1. The van der Waals surface area contributed by atoms with Crippen LogP contribution >= 0.6 is 0 Å². The van der Waals surface area contributed by atoms with Crippen LogP contribution in [0.3, 0.4) is 0 Å². The zero-order chi connectivity index (χ0) is 24.5. The van der Waals surface area contributed by atoms with Crippen LogP contribution in [0.4, 0.5) is 5.95 Å². The zero-order valence-corrected chi connectivity index (χ0v) is 21.5. The van der Waals surface area contributed by atoms with Crippen LogP contribution in [0.5, 0.6) is 5.75 Å². The monoisotopic (exact) mass is 466 g/mol. The molecule has 34 heavy (non-hydrogen) atoms. The first-order valence-electron chi connectivity index (χ1n) is 12.9. The van der Waals surface area contributed by atoms with Crippen molar-refractivity contribution < 1.29 is 9.53 Å². The Kier molecular flexibility index (Phi) is 9.87. The average molecular weight is 467 g/mol. The summed E-state index contributed by atoms with van der Waals surface area (Å²) in [6, 6.07) is 4.02. The van der Waals surface area contributed by atoms with E-state index in [2.05, 4.69) is 28.7 Å². The number of benzene rings is 1. The largest absolute Gasteiger partial charge is 0.494 e. The van der Waals surface area contributed by atoms with Crippen LogP contribution in [0, 0.1) is 25.7 Å². The summed E-state index contributed by atoms with van der Waals surface area (Å²) >= 11 is 0. The minimum atomic E-state index is 0.209. The Hall–Kier alpha value is -2.47. The Morgan fingerprint density at radius 1 is 1.18 bits per heavy atom. The van der Waals surface area contributed by atoms with Crippen molar-refractivity contribution in [3.8, 4) is 5.75 Å². The molecule has 3 rings (SSSR count). The van der Waals surface area contributed by atoms with Gasteiger partial charge in [0.1, 0.15) is 5.75 Å². The van der Waals surface area contributed by atoms with Crippen molar-refractivity contribution in [2.75, 3.05) is 31.1 Å². The molecule has 2 N–H and O–H groups in total. The second kappa shape index (κ2) is 12.8. The van der Waals surface area contributed by atoms with Crippen LogP contribution < -0.4 is 15.4 Å². The molecule has 6 nitrogen and oxygen atoms in total. The van der Waals surface area contributed by atoms with E-state index < -0.39 is 0 Å². The van der Waals surface area contributed by atoms with Crippen molar-refractivity contribution in [3.05, 3.63) is 46.8 Å². The molecule has 0 spiro atoms. The highest BCUT2D eigenvalue weighted by Crippen LogP contribution is 2.27. The lowest BCUT2D eigenvalue weighted by Crippen LogP contribution is -2.35. The summed E-state index contributed by atoms with van der Waals surface area (Å²) in [4.78, 5) is 24.1. The fourth-order valence-corrected chi connectivity index (χ4v) is 4.93. The highest BCUT2D eigenvalue weighted by atomic mass is 16.5. The van der Waals surface area contributed by atoms with Crippen molar-refractivity contribution >= 4 is 11.7 Å². The normalized spacial score (nSPS) is 15.4. The molecule has 1 aromatic carbocycles. The molecule has 0 unspecified atom stereocenters. The van der Waals surface area contributed by atoms with Crippen molar-refractivity contribution in [3.63, 3.8) is 0 Å². The quantitative estimate of drug-likeness (QED) is 0.338. The number of hydrogen-bond acceptors (Lipinski definition) is 6. The molecule has 186 valence electrons. The molecule has 6 heteroatoms. The fourth-order valence-electron chi connectivity index (χ4n) is 4.93. The van der Waals surface area contributed by atoms with Crippen LogP contribution in [-0.2, 0) is 6.42 Å². The van der Waals surface area contributed by atoms with Crippen molar-refractivity contribution in [2.45, 2.75) is 72.6 Å². The highest BCUT2D eigenvalue weighted by molar-refractivity contribution is 5.99. The lowest BCUT2D eigenvalue weighted by Gasteiger charge is -2.32. The molecule has 0 bridgehead atoms. The second-order valence-corrected chi connectivity index (χ2v) is 9.91. The van der Waals surface area contributed by atoms with E-state index >= 15 is 0 Å². The van der Waals surface area contributed by atoms with E-state index in [1.165, 1.54) is 24.8 Å². The van der Waals surface area contributed by atoms with Gasteiger partial charge in [0.25, 0.3) is 0 Å². The minimum Gasteiger partial charge on any atom is -0.494 e. The van der Waals surface area contributed by atoms with Gasteiger partial charge in [-0.1, -0.05) is 13.8 Å². The van der Waals surface area contributed by atoms with Crippen LogP contribution in [0.25, 0.3) is 0 Å². The number of aryl methyl sites for hydroxylation is 3. The van der Waals surface area contributed by atoms with Gasteiger partial charge in [0.2, 0.25) is 5.95 Å². The van der Waals surface area contributed by atoms with Gasteiger partial charge in [-0.2, -0.15) is 0 Å². The van der Waals surface area contributed by atoms with Gasteiger partial charge in [-0.05, 0) is 99.6 Å². The number of nitrogens with zero attached hydrogens (tertiary/aromatic N) is 3. The molecule has 2 aromatic rings. The van der Waals surface area contributed by atoms with E-state index in [4.69, 9.17) is 10.5 Å². The minimum absolute atomic E-state index is 0.209. The molecule has 1 fully saturated rings. The maximum Gasteiger partial charge on any atom is 0.225 e. The first-order chi connectivity index (χ1) is 16.4. The summed E-state index contributed by atoms with van der Waals surface area (Å²) in [6.45, 7) is 11.6. The van der Waals surface area contributed by atoms with Gasteiger partial charge in [0.15, 0.2) is 5.78 Å². The molecule has 1 atom stereocenters. The number of hydrogen-bond donors (Lipinski definition) is 1. The lowest BCUT2D eigenvalue weighted by molar-refractivity contribution is 0.0962. The zero-order valence-electron chi connectivity index (χ0n) is 21.5. The van der Waals surface area contributed by atoms with Crippen LogP contribution in [0.1, 0.15) is 79.4 Å². The number of carbonyl (C=O) groups is 1. The Morgan fingerprint density at radius 3 is 2.41 bits per heavy atom. The molecule has 0 radical (unpaired) electrons. The Labute approximate surface area is 205 Å². The Balaban J connectivity index is 1.41. The van der Waals surface area contributed by atoms with Gasteiger partial charge in [-0.15, -0.1) is 0 Å². The summed E-state index contributed by atoms with van der Waals surface area (Å²) in [5.41, 5.74) is 9.66. The molecule has 1 aliphatic heterocycles. The molecule has 1 saturated heterocycles. The average Bonchev–Trinajstić information content (AvgIpc) is 2.82. The molecular weight excluding hydrogens is 424 g/mol. The summed E-state index contributed by atoms with van der Waals surface area (Å²) < 4.78 is 6.07. The third-order valence-electron chi connectivity index (χ3n) is 7.00. The number of piperidine rings is 1. The molecule has 0 saturated carbocycles. The van der Waals surface area contributed by atoms with Gasteiger partial charge in [-0.25, -0.2) is 9.97 Å². The molecule has 1 aromatic heterocycles. The summed E-state index contributed by atoms with van der Waals surface area (Å²) in [5.74, 6) is 2.98. The SMILES string of the molecule is CCc1cnc(N2CCC(CCCOc3cc(C)c(C(=O)C[C@@H](C)CCN)c(C)c3)CC2)nc1. The third kappa shape index (κ3) is 7.26. The summed E-state index contributed by atoms with van der Waals surface area (Å²) in [5, 5.41) is 0. The number of aromatic nitrogens is 2. The molecule has 0 aliphatic carbocycles. The van der Waals surface area contributed by atoms with E-state index in [0.717, 1.165) is 66.7 Å². The van der Waals surface area contributed by atoms with E-state index in [0.29, 0.717) is 25.5 Å². The first-order valence-corrected chi connectivity index (χ1v) is 12.9. The van der Waals surface area contributed by atoms with Crippen LogP contribution in [0.2, 0.25) is 0 Å². The van der Waals surface area contributed by atoms with Crippen molar-refractivity contribution in [1.29, 1.82) is 0 Å². The smallest absolute Gasteiger partial charge is 0.225 e. The summed E-state index contributed by atoms with van der Waals surface area (Å²) in [7, 11) is 0. The Morgan fingerprint density at radius 2 is 1.82 bits per heavy atom. The molecule has 2 heterocycles. The predicted octanol–water partition coefficient (Wildman–Crippen LogP) is 5.29. The maximum atomic E-state index is 12.8. The number of Topliss-reactive ketones (excluding diaryl/α,β-unsaturated/α-hetero) is 1. The summed E-state index contributed by atoms with van der Waals surface area (Å²) in [6.07, 6.45) is 10.9. The lowest BCUT2D eigenvalue weighted by atomic mass is 9.92. The van der Waals surface area contributed by atoms with Crippen LogP contribution in [-0.4, -0.2) is 42.0 Å². The van der Waals surface area contributed by atoms with E-state index in [9.17, 15) is 4.79 Å². The van der Waals surface area contributed by atoms with Crippen molar-refractivity contribution in [2.24, 2.45) is 17.6 Å². The number of ether oxygens (including phenoxy) is 1. The topological polar surface area (TPSA) is 81.3 Å². The fraction of sp³-hybridized carbons (Fsp3) is 0.607. The van der Waals surface area contributed by atoms with E-state index in [1.807, 2.05) is 38.4 Å². The maximum absolute atomic E-state index is 12.8. The van der Waals surface area contributed by atoms with Gasteiger partial charge in [-0.3, -0.25) is 4.79 Å². The van der Waals surface area contributed by atoms with E-state index in [-0.39, 0.29) is 5.78 Å². The second-order valence-electron chi connectivity index (χ2n) is 9.91. The number of nitrogens with two attached hydrogens (primary N) is 1. The first kappa shape index (κ1) is 26.1. The standard InChI is InChI=1S/C28H42N4O2/c1-5-23-18-30-28(31-19-23)32-12-9-24(10-13-32)7-6-14-34-25-16-21(3)27(22(4)17-25)26(33)15-20(2)8-11-29/h16-20,24H,5-15,29H2,1-4H3/t20-/m0/s1. The van der Waals surface area contributed by atoms with Gasteiger partial charge in [0, 0.05) is 37.5 Å². The predicted molar refractivity (Wildman–Crippen MR) is 139 cm³/mol. The third-order valence-corrected chi connectivity index (χ3v) is 7.00. The van der Waals surface area contributed by atoms with Gasteiger partial charge >= 0.3 is 0 Å². The van der Waals surface area contributed by atoms with Gasteiger partial charge in [0.05, 0.1) is 6.61 Å². The van der Waals surface area contributed by atoms with Gasteiger partial charge < -0.3 is 15.4 Å². The molecule has 1 aliphatic rings. The number of anilines is 1. The molecule has 0 amide bonds. The number of carbonyl (C=O) groups excluding carboxylic acids is 1. The van der Waals surface area contributed by atoms with E-state index in [1.54, 1.807) is 0 Å². The number of rotatable bonds is 12. The van der Waals surface area contributed by atoms with Crippen molar-refractivity contribution in [1.82, 2.24) is 9.97 Å². The highest BCUT2D eigenvalue weighted by Gasteiger charge is 2.21. The molecular formula is C28H42N4O2.